The second-order valence-electron chi connectivity index (χ2n) is 5.76. The highest BCUT2D eigenvalue weighted by Gasteiger charge is 2.27. The van der Waals surface area contributed by atoms with E-state index >= 15 is 0 Å². The number of aromatic amines is 1. The Balaban J connectivity index is 2.76. The molecular formula is C16H28N2O. The molecule has 1 unspecified atom stereocenters. The molecule has 1 aromatic heterocycles. The van der Waals surface area contributed by atoms with Crippen LogP contribution in [0, 0.1) is 0 Å². The number of unbranched alkanes of at least 4 members (excludes halogenated alkanes) is 4. The Morgan fingerprint density at radius 2 is 1.79 bits per heavy atom. The Morgan fingerprint density at radius 1 is 1.11 bits per heavy atom. The van der Waals surface area contributed by atoms with E-state index in [9.17, 15) is 4.79 Å². The van der Waals surface area contributed by atoms with Crippen LogP contribution < -0.4 is 5.56 Å². The summed E-state index contributed by atoms with van der Waals surface area (Å²) < 4.78 is 0. The Bertz CT molecular complexity index is 413. The molecule has 1 rings (SSSR count). The standard InChI is InChI=1S/C16H28N2O/c1-4-6-8-9-12-16(3,11-7-5-2)15-17-13-10-14(19)18-15/h10,13H,4-9,11-12H2,1-3H3,(H,17,18,19). The van der Waals surface area contributed by atoms with Crippen LogP contribution in [-0.4, -0.2) is 9.97 Å². The van der Waals surface area contributed by atoms with Crippen molar-refractivity contribution in [3.63, 3.8) is 0 Å². The summed E-state index contributed by atoms with van der Waals surface area (Å²) in [5.74, 6) is 0.866. The second kappa shape index (κ2) is 8.13. The monoisotopic (exact) mass is 264 g/mol. The summed E-state index contributed by atoms with van der Waals surface area (Å²) in [6, 6.07) is 1.49. The maximum absolute atomic E-state index is 11.5. The molecule has 0 fully saturated rings. The molecule has 3 heteroatoms. The first-order valence-corrected chi connectivity index (χ1v) is 7.68. The zero-order chi connectivity index (χ0) is 14.1. The lowest BCUT2D eigenvalue weighted by Crippen LogP contribution is -2.27. The van der Waals surface area contributed by atoms with Crippen LogP contribution in [0.5, 0.6) is 0 Å². The minimum absolute atomic E-state index is 0.0180. The van der Waals surface area contributed by atoms with Gasteiger partial charge in [-0.2, -0.15) is 0 Å². The number of nitrogens with zero attached hydrogens (tertiary/aromatic N) is 1. The van der Waals surface area contributed by atoms with Crippen molar-refractivity contribution in [2.45, 2.75) is 77.6 Å². The number of H-pyrrole nitrogens is 1. The van der Waals surface area contributed by atoms with Crippen LogP contribution in [-0.2, 0) is 5.41 Å². The molecule has 0 saturated carbocycles. The normalized spacial score (nSPS) is 14.3. The Labute approximate surface area is 116 Å². The highest BCUT2D eigenvalue weighted by molar-refractivity contribution is 5.06. The summed E-state index contributed by atoms with van der Waals surface area (Å²) in [6.07, 6.45) is 11.2. The van der Waals surface area contributed by atoms with E-state index in [1.807, 2.05) is 0 Å². The Kier molecular flexibility index (Phi) is 6.82. The van der Waals surface area contributed by atoms with Gasteiger partial charge in [0.05, 0.1) is 0 Å². The highest BCUT2D eigenvalue weighted by Crippen LogP contribution is 2.32. The molecule has 0 spiro atoms. The molecule has 1 heterocycles. The first-order chi connectivity index (χ1) is 9.12. The largest absolute Gasteiger partial charge is 0.310 e. The molecule has 1 N–H and O–H groups in total. The molecular weight excluding hydrogens is 236 g/mol. The quantitative estimate of drug-likeness (QED) is 0.680. The van der Waals surface area contributed by atoms with E-state index in [0.717, 1.165) is 18.7 Å². The lowest BCUT2D eigenvalue weighted by molar-refractivity contribution is 0.349. The molecule has 1 aromatic rings. The van der Waals surface area contributed by atoms with Crippen LogP contribution in [0.3, 0.4) is 0 Å². The van der Waals surface area contributed by atoms with Crippen molar-refractivity contribution in [2.24, 2.45) is 0 Å². The molecule has 0 bridgehead atoms. The van der Waals surface area contributed by atoms with Gasteiger partial charge in [-0.1, -0.05) is 59.3 Å². The Hall–Kier alpha value is -1.12. The van der Waals surface area contributed by atoms with E-state index in [-0.39, 0.29) is 11.0 Å². The third-order valence-electron chi connectivity index (χ3n) is 3.91. The summed E-state index contributed by atoms with van der Waals surface area (Å²) in [7, 11) is 0. The van der Waals surface area contributed by atoms with Crippen LogP contribution in [0.2, 0.25) is 0 Å². The van der Waals surface area contributed by atoms with Gasteiger partial charge in [0.1, 0.15) is 5.82 Å². The summed E-state index contributed by atoms with van der Waals surface area (Å²) in [4.78, 5) is 18.8. The fourth-order valence-electron chi connectivity index (χ4n) is 2.55. The summed E-state index contributed by atoms with van der Waals surface area (Å²) in [6.45, 7) is 6.68. The van der Waals surface area contributed by atoms with E-state index in [1.54, 1.807) is 6.20 Å². The maximum Gasteiger partial charge on any atom is 0.250 e. The van der Waals surface area contributed by atoms with Gasteiger partial charge in [-0.05, 0) is 12.8 Å². The number of hydrogen-bond donors (Lipinski definition) is 1. The van der Waals surface area contributed by atoms with Gasteiger partial charge in [0, 0.05) is 17.7 Å². The maximum atomic E-state index is 11.5. The molecule has 0 aliphatic rings. The number of nitrogens with one attached hydrogen (secondary N) is 1. The molecule has 0 amide bonds. The van der Waals surface area contributed by atoms with Crippen molar-refractivity contribution in [2.75, 3.05) is 0 Å². The average molecular weight is 264 g/mol. The molecule has 1 atom stereocenters. The zero-order valence-electron chi connectivity index (χ0n) is 12.7. The second-order valence-corrected chi connectivity index (χ2v) is 5.76. The Morgan fingerprint density at radius 3 is 2.42 bits per heavy atom. The van der Waals surface area contributed by atoms with E-state index in [2.05, 4.69) is 30.7 Å². The van der Waals surface area contributed by atoms with Crippen LogP contribution in [0.1, 0.15) is 78.0 Å². The van der Waals surface area contributed by atoms with Crippen molar-refractivity contribution in [1.29, 1.82) is 0 Å². The third-order valence-corrected chi connectivity index (χ3v) is 3.91. The van der Waals surface area contributed by atoms with Crippen LogP contribution in [0.4, 0.5) is 0 Å². The number of hydrogen-bond acceptors (Lipinski definition) is 2. The highest BCUT2D eigenvalue weighted by atomic mass is 16.1. The zero-order valence-corrected chi connectivity index (χ0v) is 12.7. The number of rotatable bonds is 9. The van der Waals surface area contributed by atoms with Gasteiger partial charge in [0.25, 0.3) is 5.56 Å². The van der Waals surface area contributed by atoms with Crippen molar-refractivity contribution in [3.8, 4) is 0 Å². The predicted octanol–water partition coefficient (Wildman–Crippen LogP) is 4.19. The van der Waals surface area contributed by atoms with Gasteiger partial charge >= 0.3 is 0 Å². The van der Waals surface area contributed by atoms with Gasteiger partial charge in [0.2, 0.25) is 0 Å². The van der Waals surface area contributed by atoms with E-state index in [4.69, 9.17) is 0 Å². The van der Waals surface area contributed by atoms with Crippen LogP contribution >= 0.6 is 0 Å². The number of aromatic nitrogens is 2. The molecule has 0 aliphatic heterocycles. The molecule has 0 saturated heterocycles. The third kappa shape index (κ3) is 5.17. The van der Waals surface area contributed by atoms with Gasteiger partial charge in [-0.25, -0.2) is 4.98 Å². The summed E-state index contributed by atoms with van der Waals surface area (Å²) in [5, 5.41) is 0. The first kappa shape index (κ1) is 15.9. The van der Waals surface area contributed by atoms with Crippen molar-refractivity contribution < 1.29 is 0 Å². The summed E-state index contributed by atoms with van der Waals surface area (Å²) >= 11 is 0. The van der Waals surface area contributed by atoms with Gasteiger partial charge < -0.3 is 4.98 Å². The fraction of sp³-hybridized carbons (Fsp3) is 0.750. The molecule has 108 valence electrons. The minimum atomic E-state index is -0.0405. The molecule has 3 nitrogen and oxygen atoms in total. The smallest absolute Gasteiger partial charge is 0.250 e. The predicted molar refractivity (Wildman–Crippen MR) is 80.5 cm³/mol. The lowest BCUT2D eigenvalue weighted by Gasteiger charge is -2.28. The van der Waals surface area contributed by atoms with E-state index in [0.29, 0.717) is 0 Å². The fourth-order valence-corrected chi connectivity index (χ4v) is 2.55. The topological polar surface area (TPSA) is 45.8 Å². The SMILES string of the molecule is CCCCCCC(C)(CCCC)c1nccc(=O)[nH]1. The minimum Gasteiger partial charge on any atom is -0.310 e. The van der Waals surface area contributed by atoms with E-state index in [1.165, 1.54) is 44.6 Å². The van der Waals surface area contributed by atoms with Gasteiger partial charge in [-0.3, -0.25) is 4.79 Å². The van der Waals surface area contributed by atoms with Crippen molar-refractivity contribution in [1.82, 2.24) is 9.97 Å². The van der Waals surface area contributed by atoms with Crippen molar-refractivity contribution >= 4 is 0 Å². The van der Waals surface area contributed by atoms with Crippen LogP contribution in [0.25, 0.3) is 0 Å². The van der Waals surface area contributed by atoms with Gasteiger partial charge in [-0.15, -0.1) is 0 Å². The lowest BCUT2D eigenvalue weighted by atomic mass is 9.79. The molecule has 0 aromatic carbocycles. The van der Waals surface area contributed by atoms with E-state index < -0.39 is 0 Å². The average Bonchev–Trinajstić information content (AvgIpc) is 2.41. The first-order valence-electron chi connectivity index (χ1n) is 7.68. The van der Waals surface area contributed by atoms with Gasteiger partial charge in [0.15, 0.2) is 0 Å². The summed E-state index contributed by atoms with van der Waals surface area (Å²) in [5.41, 5.74) is -0.0225. The van der Waals surface area contributed by atoms with Crippen LogP contribution in [0.15, 0.2) is 17.1 Å². The molecule has 0 radical (unpaired) electrons. The van der Waals surface area contributed by atoms with Crippen molar-refractivity contribution in [3.05, 3.63) is 28.4 Å². The molecule has 19 heavy (non-hydrogen) atoms. The molecule has 0 aliphatic carbocycles.